The van der Waals surface area contributed by atoms with E-state index in [9.17, 15) is 8.78 Å². The van der Waals surface area contributed by atoms with Crippen molar-refractivity contribution >= 4 is 22.6 Å². The van der Waals surface area contributed by atoms with Crippen molar-refractivity contribution < 1.29 is 13.9 Å². The molecule has 1 aromatic carbocycles. The lowest BCUT2D eigenvalue weighted by molar-refractivity contribution is 0.160. The van der Waals surface area contributed by atoms with Crippen LogP contribution in [0.15, 0.2) is 12.1 Å². The first kappa shape index (κ1) is 11.8. The molecule has 0 spiro atoms. The maximum atomic E-state index is 13.3. The fourth-order valence-corrected chi connectivity index (χ4v) is 1.66. The van der Waals surface area contributed by atoms with Gasteiger partial charge in [0.25, 0.3) is 0 Å². The third kappa shape index (κ3) is 2.40. The standard InChI is InChI=1S/C9H10F2INO/c1-4(14)9(13)8-6(10)2-5(12)3-7(8)11/h2-4,9,14H,13H2,1H3/t4-,9+/m1/s1. The van der Waals surface area contributed by atoms with E-state index in [4.69, 9.17) is 10.8 Å². The van der Waals surface area contributed by atoms with Gasteiger partial charge in [0.2, 0.25) is 0 Å². The lowest BCUT2D eigenvalue weighted by Crippen LogP contribution is -2.25. The molecular formula is C9H10F2INO. The van der Waals surface area contributed by atoms with Crippen LogP contribution in [0.5, 0.6) is 0 Å². The Labute approximate surface area is 94.3 Å². The molecule has 0 aliphatic heterocycles. The highest BCUT2D eigenvalue weighted by Crippen LogP contribution is 2.23. The van der Waals surface area contributed by atoms with Gasteiger partial charge in [-0.25, -0.2) is 8.78 Å². The Kier molecular flexibility index (Phi) is 3.79. The van der Waals surface area contributed by atoms with E-state index in [0.29, 0.717) is 3.57 Å². The highest BCUT2D eigenvalue weighted by Gasteiger charge is 2.21. The molecule has 0 aromatic heterocycles. The molecule has 0 radical (unpaired) electrons. The first-order chi connectivity index (χ1) is 6.43. The van der Waals surface area contributed by atoms with Crippen LogP contribution in [0.1, 0.15) is 18.5 Å². The summed E-state index contributed by atoms with van der Waals surface area (Å²) in [7, 11) is 0. The molecule has 0 aliphatic carbocycles. The van der Waals surface area contributed by atoms with Crippen molar-refractivity contribution in [3.05, 3.63) is 32.9 Å². The van der Waals surface area contributed by atoms with Crippen molar-refractivity contribution in [2.75, 3.05) is 0 Å². The first-order valence-electron chi connectivity index (χ1n) is 4.01. The van der Waals surface area contributed by atoms with E-state index in [1.807, 2.05) is 0 Å². The Morgan fingerprint density at radius 2 is 1.79 bits per heavy atom. The monoisotopic (exact) mass is 313 g/mol. The maximum Gasteiger partial charge on any atom is 0.132 e. The normalized spacial score (nSPS) is 15.3. The lowest BCUT2D eigenvalue weighted by atomic mass is 10.0. The molecule has 2 atom stereocenters. The number of benzene rings is 1. The molecule has 0 aliphatic rings. The van der Waals surface area contributed by atoms with E-state index in [1.54, 1.807) is 22.6 Å². The molecule has 2 nitrogen and oxygen atoms in total. The minimum atomic E-state index is -1.04. The number of halogens is 3. The zero-order chi connectivity index (χ0) is 10.9. The van der Waals surface area contributed by atoms with Gasteiger partial charge >= 0.3 is 0 Å². The van der Waals surface area contributed by atoms with Gasteiger partial charge in [-0.2, -0.15) is 0 Å². The Hall–Kier alpha value is -0.270. The summed E-state index contributed by atoms with van der Waals surface area (Å²) in [6.45, 7) is 1.39. The van der Waals surface area contributed by atoms with Gasteiger partial charge in [-0.3, -0.25) is 0 Å². The van der Waals surface area contributed by atoms with Crippen molar-refractivity contribution in [2.24, 2.45) is 5.73 Å². The maximum absolute atomic E-state index is 13.3. The van der Waals surface area contributed by atoms with E-state index in [0.717, 1.165) is 0 Å². The van der Waals surface area contributed by atoms with Crippen LogP contribution >= 0.6 is 22.6 Å². The molecule has 78 valence electrons. The molecule has 14 heavy (non-hydrogen) atoms. The van der Waals surface area contributed by atoms with E-state index in [1.165, 1.54) is 19.1 Å². The van der Waals surface area contributed by atoms with E-state index >= 15 is 0 Å². The van der Waals surface area contributed by atoms with E-state index in [-0.39, 0.29) is 5.56 Å². The highest BCUT2D eigenvalue weighted by atomic mass is 127. The molecule has 0 saturated heterocycles. The number of aliphatic hydroxyl groups is 1. The molecule has 1 rings (SSSR count). The van der Waals surface area contributed by atoms with Crippen LogP contribution in [-0.2, 0) is 0 Å². The Bertz CT molecular complexity index is 321. The third-order valence-electron chi connectivity index (χ3n) is 1.90. The van der Waals surface area contributed by atoms with Gasteiger partial charge in [-0.1, -0.05) is 0 Å². The van der Waals surface area contributed by atoms with Crippen LogP contribution in [-0.4, -0.2) is 11.2 Å². The number of hydrogen-bond acceptors (Lipinski definition) is 2. The minimum absolute atomic E-state index is 0.264. The number of aliphatic hydroxyl groups excluding tert-OH is 1. The van der Waals surface area contributed by atoms with Crippen molar-refractivity contribution in [3.8, 4) is 0 Å². The molecule has 5 heteroatoms. The molecule has 0 fully saturated rings. The van der Waals surface area contributed by atoms with E-state index < -0.39 is 23.8 Å². The van der Waals surface area contributed by atoms with E-state index in [2.05, 4.69) is 0 Å². The van der Waals surface area contributed by atoms with Crippen molar-refractivity contribution in [1.82, 2.24) is 0 Å². The van der Waals surface area contributed by atoms with Crippen LogP contribution in [0.2, 0.25) is 0 Å². The molecule has 1 aromatic rings. The smallest absolute Gasteiger partial charge is 0.132 e. The molecule has 0 amide bonds. The summed E-state index contributed by atoms with van der Waals surface area (Å²) in [4.78, 5) is 0. The average Bonchev–Trinajstić information content (AvgIpc) is 2.01. The van der Waals surface area contributed by atoms with Crippen LogP contribution in [0.25, 0.3) is 0 Å². The Morgan fingerprint density at radius 3 is 2.14 bits per heavy atom. The average molecular weight is 313 g/mol. The quantitative estimate of drug-likeness (QED) is 0.820. The summed E-state index contributed by atoms with van der Waals surface area (Å²) in [5.74, 6) is -1.44. The number of hydrogen-bond donors (Lipinski definition) is 2. The summed E-state index contributed by atoms with van der Waals surface area (Å²) in [6.07, 6.45) is -0.987. The third-order valence-corrected chi connectivity index (χ3v) is 2.52. The van der Waals surface area contributed by atoms with Gasteiger partial charge in [0.05, 0.1) is 12.1 Å². The molecule has 0 unspecified atom stereocenters. The zero-order valence-corrected chi connectivity index (χ0v) is 9.63. The SMILES string of the molecule is C[C@@H](O)[C@H](N)c1c(F)cc(I)cc1F. The van der Waals surface area contributed by atoms with Gasteiger partial charge < -0.3 is 10.8 Å². The fraction of sp³-hybridized carbons (Fsp3) is 0.333. The van der Waals surface area contributed by atoms with Crippen molar-refractivity contribution in [3.63, 3.8) is 0 Å². The second-order valence-corrected chi connectivity index (χ2v) is 4.30. The lowest BCUT2D eigenvalue weighted by Gasteiger charge is -2.16. The summed E-state index contributed by atoms with van der Waals surface area (Å²) < 4.78 is 27.0. The minimum Gasteiger partial charge on any atom is -0.391 e. The number of nitrogens with two attached hydrogens (primary N) is 1. The van der Waals surface area contributed by atoms with Gasteiger partial charge in [0.15, 0.2) is 0 Å². The van der Waals surface area contributed by atoms with Crippen LogP contribution in [0, 0.1) is 15.2 Å². The van der Waals surface area contributed by atoms with Gasteiger partial charge in [-0.15, -0.1) is 0 Å². The summed E-state index contributed by atoms with van der Waals surface area (Å²) in [5.41, 5.74) is 5.19. The Morgan fingerprint density at radius 1 is 1.36 bits per heavy atom. The van der Waals surface area contributed by atoms with Gasteiger partial charge in [0, 0.05) is 9.13 Å². The van der Waals surface area contributed by atoms with Gasteiger partial charge in [-0.05, 0) is 41.6 Å². The fourth-order valence-electron chi connectivity index (χ4n) is 1.11. The summed E-state index contributed by atoms with van der Waals surface area (Å²) in [5, 5.41) is 9.13. The predicted molar refractivity (Wildman–Crippen MR) is 57.7 cm³/mol. The second kappa shape index (κ2) is 4.50. The predicted octanol–water partition coefficient (Wildman–Crippen LogP) is 1.95. The van der Waals surface area contributed by atoms with Crippen molar-refractivity contribution in [1.29, 1.82) is 0 Å². The molecule has 3 N–H and O–H groups in total. The molecule has 0 bridgehead atoms. The first-order valence-corrected chi connectivity index (χ1v) is 5.09. The molecule has 0 heterocycles. The van der Waals surface area contributed by atoms with Crippen LogP contribution in [0.3, 0.4) is 0 Å². The molecule has 0 saturated carbocycles. The van der Waals surface area contributed by atoms with Gasteiger partial charge in [0.1, 0.15) is 11.6 Å². The number of rotatable bonds is 2. The summed E-state index contributed by atoms with van der Waals surface area (Å²) >= 11 is 1.81. The van der Waals surface area contributed by atoms with Crippen LogP contribution in [0.4, 0.5) is 8.78 Å². The largest absolute Gasteiger partial charge is 0.391 e. The zero-order valence-electron chi connectivity index (χ0n) is 7.47. The molecular weight excluding hydrogens is 303 g/mol. The highest BCUT2D eigenvalue weighted by molar-refractivity contribution is 14.1. The Balaban J connectivity index is 3.20. The second-order valence-electron chi connectivity index (χ2n) is 3.05. The topological polar surface area (TPSA) is 46.2 Å². The summed E-state index contributed by atoms with van der Waals surface area (Å²) in [6, 6.07) is 1.33. The van der Waals surface area contributed by atoms with Crippen LogP contribution < -0.4 is 5.73 Å². The van der Waals surface area contributed by atoms with Crippen molar-refractivity contribution in [2.45, 2.75) is 19.1 Å².